The first kappa shape index (κ1) is 13.3. The molecule has 0 heterocycles. The van der Waals surface area contributed by atoms with Crippen molar-refractivity contribution < 1.29 is 9.53 Å². The van der Waals surface area contributed by atoms with Crippen molar-refractivity contribution in [2.24, 2.45) is 5.73 Å². The third-order valence-electron chi connectivity index (χ3n) is 2.84. The number of hydrogen-bond acceptors (Lipinski definition) is 2. The van der Waals surface area contributed by atoms with Gasteiger partial charge in [0, 0.05) is 0 Å². The number of amides is 1. The van der Waals surface area contributed by atoms with Gasteiger partial charge in [-0.2, -0.15) is 0 Å². The molecular weight excluding hydrogens is 178 g/mol. The van der Waals surface area contributed by atoms with E-state index in [1.165, 1.54) is 12.8 Å². The van der Waals surface area contributed by atoms with E-state index in [4.69, 9.17) is 10.5 Å². The van der Waals surface area contributed by atoms with Gasteiger partial charge in [-0.1, -0.05) is 33.6 Å². The zero-order chi connectivity index (χ0) is 11.0. The third kappa shape index (κ3) is 4.49. The van der Waals surface area contributed by atoms with E-state index in [0.717, 1.165) is 25.7 Å². The Labute approximate surface area is 87.0 Å². The second kappa shape index (κ2) is 6.68. The number of carbonyl (C=O) groups excluding carboxylic acids is 1. The van der Waals surface area contributed by atoms with Crippen LogP contribution in [0.4, 0.5) is 4.79 Å². The van der Waals surface area contributed by atoms with Crippen LogP contribution in [-0.4, -0.2) is 11.7 Å². The summed E-state index contributed by atoms with van der Waals surface area (Å²) in [5.41, 5.74) is 4.75. The number of nitrogens with two attached hydrogens (primary N) is 1. The van der Waals surface area contributed by atoms with Gasteiger partial charge in [0.2, 0.25) is 0 Å². The van der Waals surface area contributed by atoms with Gasteiger partial charge in [-0.25, -0.2) is 4.79 Å². The Morgan fingerprint density at radius 3 is 2.14 bits per heavy atom. The molecule has 0 aromatic carbocycles. The maximum absolute atomic E-state index is 10.8. The number of unbranched alkanes of at least 4 members (excludes halogenated alkanes) is 2. The highest BCUT2D eigenvalue weighted by molar-refractivity contribution is 5.65. The van der Waals surface area contributed by atoms with Crippen LogP contribution in [0.1, 0.15) is 59.3 Å². The minimum Gasteiger partial charge on any atom is -0.443 e. The molecule has 3 nitrogen and oxygen atoms in total. The van der Waals surface area contributed by atoms with Crippen molar-refractivity contribution in [2.75, 3.05) is 0 Å². The van der Waals surface area contributed by atoms with Crippen molar-refractivity contribution in [3.05, 3.63) is 0 Å². The van der Waals surface area contributed by atoms with Crippen LogP contribution < -0.4 is 5.73 Å². The van der Waals surface area contributed by atoms with Crippen molar-refractivity contribution >= 4 is 6.09 Å². The highest BCUT2D eigenvalue weighted by atomic mass is 16.6. The molecule has 0 aliphatic carbocycles. The summed E-state index contributed by atoms with van der Waals surface area (Å²) in [4.78, 5) is 10.8. The smallest absolute Gasteiger partial charge is 0.405 e. The molecule has 2 N–H and O–H groups in total. The SMILES string of the molecule is CCCCCC(CC)(CC)OC(N)=O. The molecule has 0 radical (unpaired) electrons. The van der Waals surface area contributed by atoms with Crippen LogP contribution in [0, 0.1) is 0 Å². The summed E-state index contributed by atoms with van der Waals surface area (Å²) >= 11 is 0. The molecule has 0 saturated carbocycles. The fourth-order valence-electron chi connectivity index (χ4n) is 1.71. The average molecular weight is 201 g/mol. The molecule has 0 bridgehead atoms. The Balaban J connectivity index is 4.14. The van der Waals surface area contributed by atoms with Crippen molar-refractivity contribution in [1.82, 2.24) is 0 Å². The monoisotopic (exact) mass is 201 g/mol. The topological polar surface area (TPSA) is 52.3 Å². The standard InChI is InChI=1S/C11H23NO2/c1-4-7-8-9-11(5-2,6-3)14-10(12)13/h4-9H2,1-3H3,(H2,12,13). The highest BCUT2D eigenvalue weighted by Crippen LogP contribution is 2.27. The van der Waals surface area contributed by atoms with Crippen LogP contribution in [0.25, 0.3) is 0 Å². The first-order valence-electron chi connectivity index (χ1n) is 5.58. The van der Waals surface area contributed by atoms with Crippen molar-refractivity contribution in [3.8, 4) is 0 Å². The molecule has 84 valence electrons. The zero-order valence-electron chi connectivity index (χ0n) is 9.64. The molecule has 0 spiro atoms. The van der Waals surface area contributed by atoms with Gasteiger partial charge in [0.1, 0.15) is 5.60 Å². The van der Waals surface area contributed by atoms with Gasteiger partial charge < -0.3 is 10.5 Å². The van der Waals surface area contributed by atoms with Gasteiger partial charge >= 0.3 is 6.09 Å². The Bertz CT molecular complexity index is 165. The van der Waals surface area contributed by atoms with Crippen LogP contribution in [0.5, 0.6) is 0 Å². The highest BCUT2D eigenvalue weighted by Gasteiger charge is 2.28. The second-order valence-electron chi connectivity index (χ2n) is 3.77. The van der Waals surface area contributed by atoms with Gasteiger partial charge in [-0.15, -0.1) is 0 Å². The van der Waals surface area contributed by atoms with E-state index in [9.17, 15) is 4.79 Å². The second-order valence-corrected chi connectivity index (χ2v) is 3.77. The fourth-order valence-corrected chi connectivity index (χ4v) is 1.71. The summed E-state index contributed by atoms with van der Waals surface area (Å²) in [6.07, 6.45) is 5.43. The van der Waals surface area contributed by atoms with Gasteiger partial charge in [-0.05, 0) is 25.7 Å². The third-order valence-corrected chi connectivity index (χ3v) is 2.84. The van der Waals surface area contributed by atoms with Crippen molar-refractivity contribution in [2.45, 2.75) is 64.9 Å². The Kier molecular flexibility index (Phi) is 6.34. The maximum atomic E-state index is 10.8. The Morgan fingerprint density at radius 2 is 1.79 bits per heavy atom. The van der Waals surface area contributed by atoms with E-state index in [0.29, 0.717) is 0 Å². The number of rotatable bonds is 7. The lowest BCUT2D eigenvalue weighted by Gasteiger charge is -2.30. The minimum atomic E-state index is -0.648. The molecular formula is C11H23NO2. The minimum absolute atomic E-state index is 0.318. The molecule has 0 rings (SSSR count). The lowest BCUT2D eigenvalue weighted by molar-refractivity contribution is 0.00146. The summed E-state index contributed by atoms with van der Waals surface area (Å²) < 4.78 is 5.22. The Hall–Kier alpha value is -0.730. The fraction of sp³-hybridized carbons (Fsp3) is 0.909. The largest absolute Gasteiger partial charge is 0.443 e. The van der Waals surface area contributed by atoms with Crippen molar-refractivity contribution in [1.29, 1.82) is 0 Å². The average Bonchev–Trinajstić information content (AvgIpc) is 2.16. The Morgan fingerprint density at radius 1 is 1.21 bits per heavy atom. The molecule has 0 aromatic rings. The zero-order valence-corrected chi connectivity index (χ0v) is 9.64. The van der Waals surface area contributed by atoms with E-state index in [1.54, 1.807) is 0 Å². The van der Waals surface area contributed by atoms with E-state index in [-0.39, 0.29) is 5.60 Å². The molecule has 14 heavy (non-hydrogen) atoms. The van der Waals surface area contributed by atoms with Gasteiger partial charge in [0.15, 0.2) is 0 Å². The van der Waals surface area contributed by atoms with E-state index in [1.807, 2.05) is 13.8 Å². The maximum Gasteiger partial charge on any atom is 0.405 e. The molecule has 1 amide bonds. The number of primary amides is 1. The van der Waals surface area contributed by atoms with Crippen LogP contribution in [-0.2, 0) is 4.74 Å². The normalized spacial score (nSPS) is 11.4. The van der Waals surface area contributed by atoms with E-state index in [2.05, 4.69) is 6.92 Å². The number of carbonyl (C=O) groups is 1. The number of hydrogen-bond donors (Lipinski definition) is 1. The number of ether oxygens (including phenoxy) is 1. The van der Waals surface area contributed by atoms with Crippen LogP contribution in [0.3, 0.4) is 0 Å². The van der Waals surface area contributed by atoms with Gasteiger partial charge in [0.25, 0.3) is 0 Å². The van der Waals surface area contributed by atoms with E-state index < -0.39 is 6.09 Å². The van der Waals surface area contributed by atoms with Crippen molar-refractivity contribution in [3.63, 3.8) is 0 Å². The summed E-state index contributed by atoms with van der Waals surface area (Å²) in [6, 6.07) is 0. The van der Waals surface area contributed by atoms with E-state index >= 15 is 0 Å². The molecule has 0 atom stereocenters. The van der Waals surface area contributed by atoms with Crippen LogP contribution >= 0.6 is 0 Å². The van der Waals surface area contributed by atoms with Crippen LogP contribution in [0.2, 0.25) is 0 Å². The molecule has 0 fully saturated rings. The quantitative estimate of drug-likeness (QED) is 0.643. The first-order valence-corrected chi connectivity index (χ1v) is 5.58. The summed E-state index contributed by atoms with van der Waals surface area (Å²) in [6.45, 7) is 6.24. The molecule has 0 aromatic heterocycles. The molecule has 0 unspecified atom stereocenters. The molecule has 3 heteroatoms. The summed E-state index contributed by atoms with van der Waals surface area (Å²) in [5, 5.41) is 0. The van der Waals surface area contributed by atoms with Gasteiger partial charge in [0.05, 0.1) is 0 Å². The predicted octanol–water partition coefficient (Wildman–Crippen LogP) is 3.22. The molecule has 0 saturated heterocycles. The summed E-state index contributed by atoms with van der Waals surface area (Å²) in [7, 11) is 0. The lowest BCUT2D eigenvalue weighted by Crippen LogP contribution is -2.36. The predicted molar refractivity (Wildman–Crippen MR) is 58.1 cm³/mol. The van der Waals surface area contributed by atoms with Gasteiger partial charge in [-0.3, -0.25) is 0 Å². The first-order chi connectivity index (χ1) is 6.60. The molecule has 0 aliphatic heterocycles. The lowest BCUT2D eigenvalue weighted by atomic mass is 9.90. The molecule has 0 aliphatic rings. The van der Waals surface area contributed by atoms with Crippen LogP contribution in [0.15, 0.2) is 0 Å². The summed E-state index contributed by atoms with van der Waals surface area (Å²) in [5.74, 6) is 0.